The molecule has 0 aliphatic rings. The number of benzene rings is 1. The van der Waals surface area contributed by atoms with Crippen LogP contribution in [-0.2, 0) is 11.2 Å². The van der Waals surface area contributed by atoms with Gasteiger partial charge in [0, 0.05) is 6.42 Å². The number of ketones is 1. The molecule has 0 spiro atoms. The first-order chi connectivity index (χ1) is 7.60. The van der Waals surface area contributed by atoms with Gasteiger partial charge in [0.25, 0.3) is 0 Å². The van der Waals surface area contributed by atoms with Crippen LogP contribution in [0.15, 0.2) is 18.2 Å². The molecule has 0 N–H and O–H groups in total. The number of rotatable bonds is 4. The summed E-state index contributed by atoms with van der Waals surface area (Å²) in [5.74, 6) is -0.0224. The van der Waals surface area contributed by atoms with Gasteiger partial charge < -0.3 is 4.74 Å². The maximum Gasteiger partial charge on any atom is 0.310 e. The fraction of sp³-hybridized carbons (Fsp3) is 0.385. The number of carbonyl (C=O) groups is 2. The van der Waals surface area contributed by atoms with Crippen LogP contribution in [0.5, 0.6) is 5.75 Å². The summed E-state index contributed by atoms with van der Waals surface area (Å²) >= 11 is 0. The Hall–Kier alpha value is -1.64. The molecular formula is C13H16O3. The molecule has 86 valence electrons. The van der Waals surface area contributed by atoms with Crippen molar-refractivity contribution < 1.29 is 14.3 Å². The van der Waals surface area contributed by atoms with Crippen molar-refractivity contribution in [1.29, 1.82) is 0 Å². The minimum Gasteiger partial charge on any atom is -0.426 e. The number of Topliss-reactive ketones (excluding diaryl/α,β-unsaturated/α-hetero) is 1. The van der Waals surface area contributed by atoms with Crippen LogP contribution in [0.1, 0.15) is 43.1 Å². The van der Waals surface area contributed by atoms with Crippen molar-refractivity contribution in [3.63, 3.8) is 0 Å². The quantitative estimate of drug-likeness (QED) is 0.445. The summed E-state index contributed by atoms with van der Waals surface area (Å²) in [6, 6.07) is 5.33. The third-order valence-electron chi connectivity index (χ3n) is 2.36. The Kier molecular flexibility index (Phi) is 4.23. The Morgan fingerprint density at radius 3 is 2.44 bits per heavy atom. The lowest BCUT2D eigenvalue weighted by Gasteiger charge is -2.10. The van der Waals surface area contributed by atoms with Crippen molar-refractivity contribution in [3.05, 3.63) is 29.3 Å². The van der Waals surface area contributed by atoms with Crippen LogP contribution in [0, 0.1) is 0 Å². The number of hydrogen-bond donors (Lipinski definition) is 0. The van der Waals surface area contributed by atoms with Crippen LogP contribution in [0.2, 0.25) is 0 Å². The van der Waals surface area contributed by atoms with Gasteiger partial charge >= 0.3 is 5.97 Å². The van der Waals surface area contributed by atoms with Crippen molar-refractivity contribution >= 4 is 11.8 Å². The highest BCUT2D eigenvalue weighted by Gasteiger charge is 2.14. The molecule has 16 heavy (non-hydrogen) atoms. The molecule has 0 aliphatic heterocycles. The second kappa shape index (κ2) is 5.45. The lowest BCUT2D eigenvalue weighted by atomic mass is 10.0. The Balaban J connectivity index is 3.17. The minimum absolute atomic E-state index is 0.0728. The van der Waals surface area contributed by atoms with E-state index in [0.717, 1.165) is 12.0 Å². The molecule has 3 heteroatoms. The van der Waals surface area contributed by atoms with Crippen molar-refractivity contribution in [3.8, 4) is 5.75 Å². The van der Waals surface area contributed by atoms with Gasteiger partial charge in [-0.1, -0.05) is 26.0 Å². The molecule has 0 amide bonds. The van der Waals surface area contributed by atoms with Crippen LogP contribution < -0.4 is 4.74 Å². The highest BCUT2D eigenvalue weighted by Crippen LogP contribution is 2.24. The summed E-state index contributed by atoms with van der Waals surface area (Å²) in [4.78, 5) is 22.7. The molecule has 0 atom stereocenters. The highest BCUT2D eigenvalue weighted by atomic mass is 16.5. The highest BCUT2D eigenvalue weighted by molar-refractivity contribution is 5.99. The van der Waals surface area contributed by atoms with Gasteiger partial charge in [-0.3, -0.25) is 9.59 Å². The van der Waals surface area contributed by atoms with E-state index in [2.05, 4.69) is 0 Å². The van der Waals surface area contributed by atoms with Gasteiger partial charge in [-0.15, -0.1) is 0 Å². The molecule has 0 saturated carbocycles. The minimum atomic E-state index is -0.323. The van der Waals surface area contributed by atoms with Gasteiger partial charge in [0.1, 0.15) is 5.75 Å². The molecular weight excluding hydrogens is 204 g/mol. The summed E-state index contributed by atoms with van der Waals surface area (Å²) in [7, 11) is 0. The second-order valence-electron chi connectivity index (χ2n) is 3.53. The van der Waals surface area contributed by atoms with Crippen LogP contribution >= 0.6 is 0 Å². The van der Waals surface area contributed by atoms with E-state index in [9.17, 15) is 9.59 Å². The van der Waals surface area contributed by atoms with Gasteiger partial charge in [0.15, 0.2) is 5.78 Å². The summed E-state index contributed by atoms with van der Waals surface area (Å²) in [6.45, 7) is 5.17. The van der Waals surface area contributed by atoms with E-state index in [1.807, 2.05) is 13.0 Å². The monoisotopic (exact) mass is 220 g/mol. The lowest BCUT2D eigenvalue weighted by Crippen LogP contribution is -2.10. The molecule has 0 aliphatic carbocycles. The average Bonchev–Trinajstić information content (AvgIpc) is 2.28. The Labute approximate surface area is 95.4 Å². The van der Waals surface area contributed by atoms with Gasteiger partial charge in [0.2, 0.25) is 0 Å². The average molecular weight is 220 g/mol. The van der Waals surface area contributed by atoms with E-state index in [1.54, 1.807) is 19.1 Å². The van der Waals surface area contributed by atoms with Gasteiger partial charge in [-0.05, 0) is 25.0 Å². The number of aryl methyl sites for hydroxylation is 1. The third kappa shape index (κ3) is 2.69. The van der Waals surface area contributed by atoms with Gasteiger partial charge in [0.05, 0.1) is 5.56 Å². The maximum atomic E-state index is 11.5. The van der Waals surface area contributed by atoms with E-state index in [-0.39, 0.29) is 11.8 Å². The number of carbonyl (C=O) groups excluding carboxylic acids is 2. The van der Waals surface area contributed by atoms with Crippen molar-refractivity contribution in [1.82, 2.24) is 0 Å². The largest absolute Gasteiger partial charge is 0.426 e. The maximum absolute atomic E-state index is 11.5. The lowest BCUT2D eigenvalue weighted by molar-refractivity contribution is -0.134. The topological polar surface area (TPSA) is 43.4 Å². The standard InChI is InChI=1S/C13H16O3/c1-4-10-7-6-8-11(13(10)9(3)14)16-12(15)5-2/h6-8H,4-5H2,1-3H3. The fourth-order valence-electron chi connectivity index (χ4n) is 1.55. The molecule has 1 rings (SSSR count). The smallest absolute Gasteiger partial charge is 0.310 e. The second-order valence-corrected chi connectivity index (χ2v) is 3.53. The van der Waals surface area contributed by atoms with Gasteiger partial charge in [-0.25, -0.2) is 0 Å². The zero-order valence-electron chi connectivity index (χ0n) is 9.87. The molecule has 0 unspecified atom stereocenters. The summed E-state index contributed by atoms with van der Waals surface area (Å²) in [5, 5.41) is 0. The molecule has 1 aromatic rings. The normalized spacial score (nSPS) is 9.94. The first kappa shape index (κ1) is 12.4. The van der Waals surface area contributed by atoms with E-state index < -0.39 is 0 Å². The fourth-order valence-corrected chi connectivity index (χ4v) is 1.55. The van der Waals surface area contributed by atoms with E-state index in [4.69, 9.17) is 4.74 Å². The van der Waals surface area contributed by atoms with Crippen LogP contribution in [-0.4, -0.2) is 11.8 Å². The molecule has 0 bridgehead atoms. The Morgan fingerprint density at radius 1 is 1.25 bits per heavy atom. The van der Waals surface area contributed by atoms with Crippen LogP contribution in [0.3, 0.4) is 0 Å². The molecule has 0 aromatic heterocycles. The van der Waals surface area contributed by atoms with Crippen molar-refractivity contribution in [2.75, 3.05) is 0 Å². The number of ether oxygens (including phenoxy) is 1. The molecule has 0 saturated heterocycles. The van der Waals surface area contributed by atoms with Gasteiger partial charge in [-0.2, -0.15) is 0 Å². The van der Waals surface area contributed by atoms with E-state index in [0.29, 0.717) is 17.7 Å². The first-order valence-electron chi connectivity index (χ1n) is 5.43. The Bertz CT molecular complexity index is 408. The van der Waals surface area contributed by atoms with E-state index in [1.165, 1.54) is 6.92 Å². The van der Waals surface area contributed by atoms with Crippen LogP contribution in [0.25, 0.3) is 0 Å². The molecule has 0 heterocycles. The zero-order chi connectivity index (χ0) is 12.1. The number of hydrogen-bond acceptors (Lipinski definition) is 3. The summed E-state index contributed by atoms with van der Waals surface area (Å²) in [6.07, 6.45) is 1.04. The van der Waals surface area contributed by atoms with E-state index >= 15 is 0 Å². The van der Waals surface area contributed by atoms with Crippen molar-refractivity contribution in [2.24, 2.45) is 0 Å². The predicted octanol–water partition coefficient (Wildman–Crippen LogP) is 2.77. The first-order valence-corrected chi connectivity index (χ1v) is 5.43. The summed E-state index contributed by atoms with van der Waals surface area (Å²) < 4.78 is 5.14. The SMILES string of the molecule is CCC(=O)Oc1cccc(CC)c1C(C)=O. The third-order valence-corrected chi connectivity index (χ3v) is 2.36. The Morgan fingerprint density at radius 2 is 1.94 bits per heavy atom. The number of esters is 1. The zero-order valence-corrected chi connectivity index (χ0v) is 9.87. The van der Waals surface area contributed by atoms with Crippen LogP contribution in [0.4, 0.5) is 0 Å². The molecule has 3 nitrogen and oxygen atoms in total. The summed E-state index contributed by atoms with van der Waals surface area (Å²) in [5.41, 5.74) is 1.43. The molecule has 1 aromatic carbocycles. The molecule has 0 fully saturated rings. The van der Waals surface area contributed by atoms with Crippen molar-refractivity contribution in [2.45, 2.75) is 33.6 Å². The predicted molar refractivity (Wildman–Crippen MR) is 61.8 cm³/mol. The molecule has 0 radical (unpaired) electrons.